The summed E-state index contributed by atoms with van der Waals surface area (Å²) in [6, 6.07) is -5.95. The number of primary amides is 1. The van der Waals surface area contributed by atoms with Crippen LogP contribution in [0.5, 0.6) is 0 Å². The van der Waals surface area contributed by atoms with Crippen LogP contribution in [0.1, 0.15) is 46.0 Å². The number of nitrogens with one attached hydrogen (secondary N) is 3. The van der Waals surface area contributed by atoms with Gasteiger partial charge in [0.05, 0.1) is 18.9 Å². The minimum atomic E-state index is -1.65. The molecule has 0 rings (SSSR count). The van der Waals surface area contributed by atoms with Gasteiger partial charge in [-0.2, -0.15) is 0 Å². The summed E-state index contributed by atoms with van der Waals surface area (Å²) in [5.41, 5.74) is 10.4. The first-order chi connectivity index (χ1) is 15.6. The predicted octanol–water partition coefficient (Wildman–Crippen LogP) is -2.89. The Labute approximate surface area is 194 Å². The zero-order valence-corrected chi connectivity index (χ0v) is 18.8. The molecule has 192 valence electrons. The zero-order valence-electron chi connectivity index (χ0n) is 18.8. The van der Waals surface area contributed by atoms with E-state index in [2.05, 4.69) is 16.0 Å². The quantitative estimate of drug-likeness (QED) is 0.109. The van der Waals surface area contributed by atoms with E-state index < -0.39 is 91.4 Å². The van der Waals surface area contributed by atoms with Gasteiger partial charge in [0.25, 0.3) is 0 Å². The van der Waals surface area contributed by atoms with Gasteiger partial charge in [-0.25, -0.2) is 4.79 Å². The number of amides is 4. The van der Waals surface area contributed by atoms with Gasteiger partial charge in [0, 0.05) is 6.42 Å². The van der Waals surface area contributed by atoms with E-state index in [1.165, 1.54) is 0 Å². The second kappa shape index (κ2) is 14.4. The molecule has 0 saturated heterocycles. The van der Waals surface area contributed by atoms with Gasteiger partial charge in [0.1, 0.15) is 18.1 Å². The summed E-state index contributed by atoms with van der Waals surface area (Å²) in [5.74, 6) is -8.27. The second-order valence-corrected chi connectivity index (χ2v) is 7.96. The van der Waals surface area contributed by atoms with Crippen molar-refractivity contribution in [2.24, 2.45) is 17.4 Å². The monoisotopic (exact) mass is 489 g/mol. The topological polar surface area (TPSA) is 268 Å². The van der Waals surface area contributed by atoms with Crippen LogP contribution >= 0.6 is 0 Å². The fraction of sp³-hybridized carbons (Fsp3) is 0.632. The van der Waals surface area contributed by atoms with Crippen LogP contribution in [0.4, 0.5) is 0 Å². The fourth-order valence-corrected chi connectivity index (χ4v) is 2.75. The average molecular weight is 489 g/mol. The van der Waals surface area contributed by atoms with E-state index in [0.29, 0.717) is 0 Å². The molecule has 0 fully saturated rings. The minimum Gasteiger partial charge on any atom is -0.481 e. The number of carbonyl (C=O) groups excluding carboxylic acids is 4. The molecule has 0 aliphatic rings. The van der Waals surface area contributed by atoms with E-state index in [1.807, 2.05) is 0 Å². The summed E-state index contributed by atoms with van der Waals surface area (Å²) in [7, 11) is 0. The van der Waals surface area contributed by atoms with E-state index in [0.717, 1.165) is 0 Å². The van der Waals surface area contributed by atoms with Crippen LogP contribution in [0.25, 0.3) is 0 Å². The summed E-state index contributed by atoms with van der Waals surface area (Å²) < 4.78 is 0. The lowest BCUT2D eigenvalue weighted by atomic mass is 10.0. The standard InChI is InChI=1S/C19H31N5O10/c1-8(2)5-11(18(32)24-12(19(33)34)7-13(21)25)23-17(31)10(3-4-14(26)27)22-16(30)9(20)6-15(28)29/h8-12H,3-7,20H2,1-2H3,(H2,21,25)(H,22,30)(H,23,31)(H,24,32)(H,26,27)(H,28,29)(H,33,34). The lowest BCUT2D eigenvalue weighted by molar-refractivity contribution is -0.144. The molecule has 0 aliphatic heterocycles. The maximum absolute atomic E-state index is 12.8. The summed E-state index contributed by atoms with van der Waals surface area (Å²) in [6.45, 7) is 3.41. The summed E-state index contributed by atoms with van der Waals surface area (Å²) >= 11 is 0. The van der Waals surface area contributed by atoms with Gasteiger partial charge in [-0.05, 0) is 18.8 Å². The number of nitrogens with two attached hydrogens (primary N) is 2. The van der Waals surface area contributed by atoms with E-state index in [-0.39, 0.29) is 12.3 Å². The molecule has 15 nitrogen and oxygen atoms in total. The molecule has 0 saturated carbocycles. The summed E-state index contributed by atoms with van der Waals surface area (Å²) in [5, 5.41) is 33.4. The molecule has 15 heteroatoms. The maximum atomic E-state index is 12.8. The summed E-state index contributed by atoms with van der Waals surface area (Å²) in [6.07, 6.45) is -2.36. The smallest absolute Gasteiger partial charge is 0.326 e. The molecule has 4 amide bonds. The highest BCUT2D eigenvalue weighted by atomic mass is 16.4. The molecular formula is C19H31N5O10. The number of carboxylic acid groups (broad SMARTS) is 3. The molecule has 0 aromatic carbocycles. The van der Waals surface area contributed by atoms with E-state index in [4.69, 9.17) is 21.7 Å². The van der Waals surface area contributed by atoms with Gasteiger partial charge in [-0.15, -0.1) is 0 Å². The Bertz CT molecular complexity index is 800. The molecule has 4 atom stereocenters. The van der Waals surface area contributed by atoms with E-state index in [1.54, 1.807) is 13.8 Å². The normalized spacial score (nSPS) is 14.2. The Morgan fingerprint density at radius 2 is 1.24 bits per heavy atom. The van der Waals surface area contributed by atoms with Crippen molar-refractivity contribution in [3.05, 3.63) is 0 Å². The van der Waals surface area contributed by atoms with Crippen molar-refractivity contribution in [3.63, 3.8) is 0 Å². The molecule has 0 aromatic rings. The molecule has 0 radical (unpaired) electrons. The Morgan fingerprint density at radius 1 is 0.735 bits per heavy atom. The van der Waals surface area contributed by atoms with Crippen molar-refractivity contribution in [2.45, 2.75) is 70.1 Å². The van der Waals surface area contributed by atoms with Crippen molar-refractivity contribution in [2.75, 3.05) is 0 Å². The van der Waals surface area contributed by atoms with Crippen LogP contribution in [-0.4, -0.2) is 81.0 Å². The molecule has 0 bridgehead atoms. The number of hydrogen-bond acceptors (Lipinski definition) is 8. The van der Waals surface area contributed by atoms with Crippen LogP contribution < -0.4 is 27.4 Å². The number of hydrogen-bond donors (Lipinski definition) is 8. The highest BCUT2D eigenvalue weighted by molar-refractivity contribution is 5.95. The SMILES string of the molecule is CC(C)CC(NC(=O)C(CCC(=O)O)NC(=O)C(N)CC(=O)O)C(=O)NC(CC(N)=O)C(=O)O. The molecule has 0 aromatic heterocycles. The van der Waals surface area contributed by atoms with Gasteiger partial charge in [-0.1, -0.05) is 13.8 Å². The molecule has 0 spiro atoms. The van der Waals surface area contributed by atoms with Gasteiger partial charge in [0.2, 0.25) is 23.6 Å². The molecule has 0 aliphatic carbocycles. The molecule has 34 heavy (non-hydrogen) atoms. The maximum Gasteiger partial charge on any atom is 0.326 e. The third-order valence-electron chi connectivity index (χ3n) is 4.37. The average Bonchev–Trinajstić information content (AvgIpc) is 2.68. The number of aliphatic carboxylic acids is 3. The third kappa shape index (κ3) is 12.3. The number of carboxylic acids is 3. The fourth-order valence-electron chi connectivity index (χ4n) is 2.75. The van der Waals surface area contributed by atoms with Gasteiger partial charge < -0.3 is 42.7 Å². The highest BCUT2D eigenvalue weighted by Gasteiger charge is 2.31. The van der Waals surface area contributed by atoms with E-state index >= 15 is 0 Å². The van der Waals surface area contributed by atoms with Gasteiger partial charge >= 0.3 is 17.9 Å². The Morgan fingerprint density at radius 3 is 1.68 bits per heavy atom. The van der Waals surface area contributed by atoms with Crippen LogP contribution in [0.3, 0.4) is 0 Å². The molecule has 4 unspecified atom stereocenters. The lowest BCUT2D eigenvalue weighted by Gasteiger charge is -2.25. The Hall–Kier alpha value is -3.75. The van der Waals surface area contributed by atoms with Crippen molar-refractivity contribution < 1.29 is 48.9 Å². The van der Waals surface area contributed by atoms with Crippen molar-refractivity contribution in [1.82, 2.24) is 16.0 Å². The van der Waals surface area contributed by atoms with Crippen LogP contribution in [0.2, 0.25) is 0 Å². The van der Waals surface area contributed by atoms with Crippen LogP contribution in [0, 0.1) is 5.92 Å². The van der Waals surface area contributed by atoms with Crippen molar-refractivity contribution >= 4 is 41.5 Å². The third-order valence-corrected chi connectivity index (χ3v) is 4.37. The highest BCUT2D eigenvalue weighted by Crippen LogP contribution is 2.08. The second-order valence-electron chi connectivity index (χ2n) is 7.96. The van der Waals surface area contributed by atoms with E-state index in [9.17, 15) is 38.7 Å². The largest absolute Gasteiger partial charge is 0.481 e. The van der Waals surface area contributed by atoms with Crippen LogP contribution in [-0.2, 0) is 33.6 Å². The van der Waals surface area contributed by atoms with Gasteiger partial charge in [0.15, 0.2) is 0 Å². The molecular weight excluding hydrogens is 458 g/mol. The molecule has 10 N–H and O–H groups in total. The Kier molecular flexibility index (Phi) is 12.8. The Balaban J connectivity index is 5.60. The summed E-state index contributed by atoms with van der Waals surface area (Å²) in [4.78, 5) is 81.6. The van der Waals surface area contributed by atoms with Crippen LogP contribution in [0.15, 0.2) is 0 Å². The first kappa shape index (κ1) is 30.2. The van der Waals surface area contributed by atoms with Crippen molar-refractivity contribution in [3.8, 4) is 0 Å². The first-order valence-electron chi connectivity index (χ1n) is 10.2. The first-order valence-corrected chi connectivity index (χ1v) is 10.2. The van der Waals surface area contributed by atoms with Crippen molar-refractivity contribution in [1.29, 1.82) is 0 Å². The number of rotatable bonds is 16. The lowest BCUT2D eigenvalue weighted by Crippen LogP contribution is -2.57. The predicted molar refractivity (Wildman–Crippen MR) is 114 cm³/mol. The zero-order chi connectivity index (χ0) is 26.6. The molecule has 0 heterocycles. The number of carbonyl (C=O) groups is 7. The minimum absolute atomic E-state index is 0.0264. The van der Waals surface area contributed by atoms with Gasteiger partial charge in [-0.3, -0.25) is 28.8 Å².